The second-order valence-electron chi connectivity index (χ2n) is 7.80. The summed E-state index contributed by atoms with van der Waals surface area (Å²) in [6.45, 7) is 5.32. The minimum atomic E-state index is -5.03. The van der Waals surface area contributed by atoms with Crippen LogP contribution in [0.25, 0.3) is 0 Å². The zero-order chi connectivity index (χ0) is 25.7. The highest BCUT2D eigenvalue weighted by atomic mass is 31.2. The van der Waals surface area contributed by atoms with Crippen LogP contribution < -0.4 is 16.0 Å². The van der Waals surface area contributed by atoms with Gasteiger partial charge >= 0.3 is 34.4 Å². The van der Waals surface area contributed by atoms with E-state index in [0.717, 1.165) is 0 Å². The van der Waals surface area contributed by atoms with Crippen molar-refractivity contribution in [2.24, 2.45) is 5.92 Å². The Kier molecular flexibility index (Phi) is 13.7. The molecule has 6 N–H and O–H groups in total. The molecule has 0 radical (unpaired) electrons. The van der Waals surface area contributed by atoms with Crippen molar-refractivity contribution in [2.75, 3.05) is 46.0 Å². The highest BCUT2D eigenvalue weighted by Gasteiger charge is 2.47. The van der Waals surface area contributed by atoms with Crippen molar-refractivity contribution in [3.8, 4) is 0 Å². The number of amides is 3. The van der Waals surface area contributed by atoms with Crippen LogP contribution in [0.15, 0.2) is 0 Å². The first-order valence-electron chi connectivity index (χ1n) is 10.5. The topological polar surface area (TPSA) is 213 Å². The Labute approximate surface area is 198 Å². The molecule has 1 rings (SSSR count). The molecule has 0 spiro atoms. The van der Waals surface area contributed by atoms with Gasteiger partial charge in [-0.2, -0.15) is 4.89 Å². The number of nitrogens with one attached hydrogen (secondary N) is 3. The van der Waals surface area contributed by atoms with E-state index in [1.165, 1.54) is 0 Å². The molecule has 0 bridgehead atoms. The van der Waals surface area contributed by atoms with Crippen LogP contribution in [0.3, 0.4) is 0 Å². The number of carbonyl (C=O) groups is 3. The monoisotopic (exact) mass is 529 g/mol. The van der Waals surface area contributed by atoms with Gasteiger partial charge in [0.2, 0.25) is 12.3 Å². The lowest BCUT2D eigenvalue weighted by Gasteiger charge is -2.31. The number of carbonyl (C=O) groups excluding carboxylic acids is 3. The molecule has 1 aliphatic rings. The first-order valence-corrected chi connectivity index (χ1v) is 13.5. The van der Waals surface area contributed by atoms with E-state index in [1.807, 2.05) is 18.7 Å². The van der Waals surface area contributed by atoms with Gasteiger partial charge in [-0.1, -0.05) is 13.8 Å². The molecule has 0 aromatic heterocycles. The fourth-order valence-corrected chi connectivity index (χ4v) is 4.55. The highest BCUT2D eigenvalue weighted by Crippen LogP contribution is 2.49. The molecule has 2 unspecified atom stereocenters. The van der Waals surface area contributed by atoms with Crippen molar-refractivity contribution in [1.82, 2.24) is 20.9 Å². The smallest absolute Gasteiger partial charge is 0.448 e. The molecule has 0 aliphatic carbocycles. The van der Waals surface area contributed by atoms with Crippen LogP contribution in [0, 0.1) is 5.92 Å². The van der Waals surface area contributed by atoms with Crippen molar-refractivity contribution in [2.45, 2.75) is 31.7 Å². The van der Waals surface area contributed by atoms with Crippen LogP contribution in [0.1, 0.15) is 20.3 Å². The second-order valence-corrected chi connectivity index (χ2v) is 11.0. The molecule has 0 aromatic rings. The standard InChI is InChI=1S/C16H31BN4O11P2/c1-12(2)9-13(19-14(23)10-18-11-22)17-31-7-4-21(5-8-32-17)3-6-30-15(24)20-16(33(25)26)34(27,28)29/h11-13,16H,3-10H2,1-2H3,(H5-,18,19,20,22,23,24,25,26,27,28,29)/p+1/t13-,16?/m1/s1. The molecule has 3 amide bonds. The van der Waals surface area contributed by atoms with Crippen molar-refractivity contribution in [3.63, 3.8) is 0 Å². The molecule has 1 heterocycles. The van der Waals surface area contributed by atoms with E-state index >= 15 is 0 Å². The van der Waals surface area contributed by atoms with E-state index in [2.05, 4.69) is 10.6 Å². The predicted molar refractivity (Wildman–Crippen MR) is 120 cm³/mol. The number of hydrogen-bond acceptors (Lipinski definition) is 9. The molecule has 194 valence electrons. The van der Waals surface area contributed by atoms with Gasteiger partial charge in [0.1, 0.15) is 6.61 Å². The molecule has 3 atom stereocenters. The zero-order valence-corrected chi connectivity index (χ0v) is 20.8. The van der Waals surface area contributed by atoms with E-state index in [0.29, 0.717) is 25.9 Å². The van der Waals surface area contributed by atoms with Crippen LogP contribution in [0.2, 0.25) is 0 Å². The van der Waals surface area contributed by atoms with E-state index in [9.17, 15) is 23.5 Å². The summed E-state index contributed by atoms with van der Waals surface area (Å²) in [5.74, 6) is -0.536. The highest BCUT2D eigenvalue weighted by molar-refractivity contribution is 7.65. The lowest BCUT2D eigenvalue weighted by Crippen LogP contribution is -2.54. The first-order chi connectivity index (χ1) is 15.9. The second kappa shape index (κ2) is 15.4. The minimum absolute atomic E-state index is 0.152. The molecule has 18 heteroatoms. The molecule has 1 saturated heterocycles. The third kappa shape index (κ3) is 12.2. The van der Waals surface area contributed by atoms with Crippen molar-refractivity contribution >= 4 is 41.2 Å². The molecule has 15 nitrogen and oxygen atoms in total. The van der Waals surface area contributed by atoms with Crippen LogP contribution >= 0.6 is 15.6 Å². The number of ether oxygens (including phenoxy) is 1. The third-order valence-corrected chi connectivity index (χ3v) is 7.35. The number of rotatable bonds is 13. The summed E-state index contributed by atoms with van der Waals surface area (Å²) in [4.78, 5) is 62.9. The fraction of sp³-hybridized carbons (Fsp3) is 0.812. The maximum absolute atomic E-state index is 12.0. The number of hydrogen-bond donors (Lipinski definition) is 6. The number of alkyl carbamates (subject to hydrolysis) is 1. The van der Waals surface area contributed by atoms with Crippen molar-refractivity contribution in [3.05, 3.63) is 0 Å². The Morgan fingerprint density at radius 3 is 2.35 bits per heavy atom. The maximum atomic E-state index is 12.0. The quantitative estimate of drug-likeness (QED) is 0.0920. The van der Waals surface area contributed by atoms with E-state index in [4.69, 9.17) is 28.7 Å². The van der Waals surface area contributed by atoms with Gasteiger partial charge < -0.3 is 34.5 Å². The summed E-state index contributed by atoms with van der Waals surface area (Å²) in [6, 6.07) is 0. The van der Waals surface area contributed by atoms with Gasteiger partial charge in [-0.25, -0.2) is 4.79 Å². The van der Waals surface area contributed by atoms with Gasteiger partial charge in [-0.3, -0.25) is 24.4 Å². The predicted octanol–water partition coefficient (Wildman–Crippen LogP) is -1.44. The Bertz CT molecular complexity index is 732. The minimum Gasteiger partial charge on any atom is -0.448 e. The van der Waals surface area contributed by atoms with Crippen LogP contribution in [-0.2, 0) is 32.8 Å². The Hall–Kier alpha value is -1.64. The average Bonchev–Trinajstić information content (AvgIpc) is 2.70. The van der Waals surface area contributed by atoms with Crippen LogP contribution in [0.4, 0.5) is 4.79 Å². The van der Waals surface area contributed by atoms with E-state index < -0.39 is 40.3 Å². The zero-order valence-electron chi connectivity index (χ0n) is 19.0. The van der Waals surface area contributed by atoms with Gasteiger partial charge in [-0.15, -0.1) is 0 Å². The molecule has 0 aromatic carbocycles. The summed E-state index contributed by atoms with van der Waals surface area (Å²) in [5, 5.41) is 6.81. The fourth-order valence-electron chi connectivity index (χ4n) is 3.03. The average molecular weight is 529 g/mol. The molecule has 1 fully saturated rings. The molecular formula is C16H32BN4O11P2+. The van der Waals surface area contributed by atoms with Gasteiger partial charge in [0, 0.05) is 32.8 Å². The lowest BCUT2D eigenvalue weighted by molar-refractivity contribution is -0.122. The summed E-state index contributed by atoms with van der Waals surface area (Å²) in [5.41, 5.74) is -2.25. The first kappa shape index (κ1) is 30.4. The third-order valence-electron chi connectivity index (χ3n) is 4.54. The van der Waals surface area contributed by atoms with Gasteiger partial charge in [-0.05, 0) is 16.9 Å². The Morgan fingerprint density at radius 1 is 1.24 bits per heavy atom. The maximum Gasteiger partial charge on any atom is 0.544 e. The van der Waals surface area contributed by atoms with Crippen molar-refractivity contribution in [1.29, 1.82) is 0 Å². The van der Waals surface area contributed by atoms with E-state index in [1.54, 1.807) is 5.32 Å². The van der Waals surface area contributed by atoms with Crippen LogP contribution in [-0.4, -0.2) is 103 Å². The number of nitrogens with zero attached hydrogens (tertiary/aromatic N) is 1. The molecule has 34 heavy (non-hydrogen) atoms. The van der Waals surface area contributed by atoms with E-state index in [-0.39, 0.29) is 44.7 Å². The van der Waals surface area contributed by atoms with Crippen molar-refractivity contribution < 1.29 is 52.2 Å². The van der Waals surface area contributed by atoms with Gasteiger partial charge in [0.25, 0.3) is 0 Å². The SMILES string of the molecule is CC(C)C[C@@H](NC(=O)CNC=O)B1OCCN(CCOC(=O)NC([P+](=O)O)P(=O)(O)O)CCO1. The van der Waals surface area contributed by atoms with Gasteiger partial charge in [0.05, 0.1) is 12.5 Å². The summed E-state index contributed by atoms with van der Waals surface area (Å²) >= 11 is 0. The van der Waals surface area contributed by atoms with Crippen LogP contribution in [0.5, 0.6) is 0 Å². The lowest BCUT2D eigenvalue weighted by atomic mass is 9.73. The summed E-state index contributed by atoms with van der Waals surface area (Å²) in [6.07, 6.45) is -0.202. The molecule has 0 saturated carbocycles. The summed E-state index contributed by atoms with van der Waals surface area (Å²) < 4.78 is 38.6. The summed E-state index contributed by atoms with van der Waals surface area (Å²) in [7, 11) is -9.07. The largest absolute Gasteiger partial charge is 0.544 e. The molecule has 1 aliphatic heterocycles. The normalized spacial score (nSPS) is 17.7. The Morgan fingerprint density at radius 2 is 1.85 bits per heavy atom. The van der Waals surface area contributed by atoms with Gasteiger partial charge in [0.15, 0.2) is 0 Å². The Balaban J connectivity index is 2.49. The molecular weight excluding hydrogens is 497 g/mol.